The van der Waals surface area contributed by atoms with Crippen molar-refractivity contribution in [3.8, 4) is 5.75 Å². The third-order valence-electron chi connectivity index (χ3n) is 4.78. The molecule has 1 atom stereocenters. The molecule has 2 rings (SSSR count). The minimum Gasteiger partial charge on any atom is -0.497 e. The van der Waals surface area contributed by atoms with Crippen molar-refractivity contribution >= 4 is 17.8 Å². The molecule has 0 heterocycles. The number of nitrogens with one attached hydrogen (secondary N) is 1. The standard InChI is InChI=1S/C22H31NO6/c1-22(2,3)21(26)23-18(13-19(24)29-17-7-5-6-8-17)20(25)28-14-15-9-11-16(27-4)12-10-15/h9-12,17-18H,5-8,13-14H2,1-4H3,(H,23,26)/t18-/m0/s1. The SMILES string of the molecule is COc1ccc(COC(=O)[C@H](CC(=O)OC2CCCC2)NC(=O)C(C)(C)C)cc1. The number of methoxy groups -OCH3 is 1. The molecular weight excluding hydrogens is 374 g/mol. The van der Waals surface area contributed by atoms with E-state index in [0.717, 1.165) is 31.2 Å². The van der Waals surface area contributed by atoms with Gasteiger partial charge in [-0.3, -0.25) is 9.59 Å². The number of hydrogen-bond donors (Lipinski definition) is 1. The van der Waals surface area contributed by atoms with Gasteiger partial charge in [0.05, 0.1) is 13.5 Å². The van der Waals surface area contributed by atoms with Gasteiger partial charge in [0.15, 0.2) is 0 Å². The minimum absolute atomic E-state index is 0.0301. The first-order valence-corrected chi connectivity index (χ1v) is 9.99. The van der Waals surface area contributed by atoms with Crippen molar-refractivity contribution in [2.24, 2.45) is 5.41 Å². The molecule has 0 saturated heterocycles. The number of benzene rings is 1. The van der Waals surface area contributed by atoms with Gasteiger partial charge in [-0.1, -0.05) is 32.9 Å². The fourth-order valence-electron chi connectivity index (χ4n) is 2.95. The summed E-state index contributed by atoms with van der Waals surface area (Å²) in [6, 6.07) is 6.00. The Kier molecular flexibility index (Phi) is 8.05. The van der Waals surface area contributed by atoms with Crippen molar-refractivity contribution in [1.29, 1.82) is 0 Å². The van der Waals surface area contributed by atoms with E-state index in [1.54, 1.807) is 52.1 Å². The van der Waals surface area contributed by atoms with Gasteiger partial charge in [0.1, 0.15) is 24.5 Å². The van der Waals surface area contributed by atoms with Gasteiger partial charge in [-0.05, 0) is 43.4 Å². The predicted molar refractivity (Wildman–Crippen MR) is 107 cm³/mol. The van der Waals surface area contributed by atoms with Crippen molar-refractivity contribution in [1.82, 2.24) is 5.32 Å². The summed E-state index contributed by atoms with van der Waals surface area (Å²) in [6.07, 6.45) is 3.40. The maximum Gasteiger partial charge on any atom is 0.329 e. The van der Waals surface area contributed by atoms with E-state index in [4.69, 9.17) is 14.2 Å². The zero-order valence-corrected chi connectivity index (χ0v) is 17.7. The quantitative estimate of drug-likeness (QED) is 0.668. The summed E-state index contributed by atoms with van der Waals surface area (Å²) in [6.45, 7) is 5.24. The predicted octanol–water partition coefficient (Wildman–Crippen LogP) is 3.15. The molecule has 1 aromatic rings. The summed E-state index contributed by atoms with van der Waals surface area (Å²) in [5, 5.41) is 2.63. The molecule has 1 amide bonds. The summed E-state index contributed by atoms with van der Waals surface area (Å²) in [5.74, 6) is -0.804. The summed E-state index contributed by atoms with van der Waals surface area (Å²) in [5.41, 5.74) is 0.0673. The minimum atomic E-state index is -1.09. The summed E-state index contributed by atoms with van der Waals surface area (Å²) >= 11 is 0. The molecule has 160 valence electrons. The maximum absolute atomic E-state index is 12.6. The van der Waals surface area contributed by atoms with Crippen LogP contribution in [0.1, 0.15) is 58.4 Å². The van der Waals surface area contributed by atoms with Crippen LogP contribution in [0.2, 0.25) is 0 Å². The molecule has 1 fully saturated rings. The molecule has 7 nitrogen and oxygen atoms in total. The second kappa shape index (κ2) is 10.3. The molecule has 29 heavy (non-hydrogen) atoms. The number of amides is 1. The lowest BCUT2D eigenvalue weighted by Gasteiger charge is -2.23. The second-order valence-corrected chi connectivity index (χ2v) is 8.33. The maximum atomic E-state index is 12.6. The van der Waals surface area contributed by atoms with E-state index in [1.807, 2.05) is 0 Å². The summed E-state index contributed by atoms with van der Waals surface area (Å²) in [4.78, 5) is 37.3. The normalized spacial score (nSPS) is 15.4. The largest absolute Gasteiger partial charge is 0.497 e. The molecule has 0 spiro atoms. The lowest BCUT2D eigenvalue weighted by atomic mass is 9.95. The number of ether oxygens (including phenoxy) is 3. The van der Waals surface area contributed by atoms with E-state index >= 15 is 0 Å². The molecule has 0 unspecified atom stereocenters. The Morgan fingerprint density at radius 3 is 2.28 bits per heavy atom. The van der Waals surface area contributed by atoms with E-state index in [-0.39, 0.29) is 25.0 Å². The Bertz CT molecular complexity index is 701. The van der Waals surface area contributed by atoms with Gasteiger partial charge in [-0.25, -0.2) is 4.79 Å². The third-order valence-corrected chi connectivity index (χ3v) is 4.78. The molecule has 1 aromatic carbocycles. The number of esters is 2. The Morgan fingerprint density at radius 2 is 1.72 bits per heavy atom. The van der Waals surface area contributed by atoms with E-state index in [2.05, 4.69) is 5.32 Å². The molecule has 0 aliphatic heterocycles. The van der Waals surface area contributed by atoms with Gasteiger partial charge in [0.2, 0.25) is 5.91 Å². The highest BCUT2D eigenvalue weighted by atomic mass is 16.5. The molecule has 0 aromatic heterocycles. The Morgan fingerprint density at radius 1 is 1.10 bits per heavy atom. The molecule has 1 aliphatic carbocycles. The molecule has 0 bridgehead atoms. The van der Waals surface area contributed by atoms with Gasteiger partial charge in [0.25, 0.3) is 0 Å². The van der Waals surface area contributed by atoms with Crippen LogP contribution in [-0.2, 0) is 30.5 Å². The molecular formula is C22H31NO6. The van der Waals surface area contributed by atoms with Gasteiger partial charge >= 0.3 is 11.9 Å². The fraction of sp³-hybridized carbons (Fsp3) is 0.591. The van der Waals surface area contributed by atoms with Crippen LogP contribution in [-0.4, -0.2) is 37.1 Å². The first-order chi connectivity index (χ1) is 13.7. The first kappa shape index (κ1) is 22.7. The monoisotopic (exact) mass is 405 g/mol. The van der Waals surface area contributed by atoms with Crippen LogP contribution >= 0.6 is 0 Å². The van der Waals surface area contributed by atoms with Gasteiger partial charge in [0, 0.05) is 5.41 Å². The Balaban J connectivity index is 1.98. The molecule has 1 saturated carbocycles. The number of carbonyl (C=O) groups excluding carboxylic acids is 3. The van der Waals surface area contributed by atoms with E-state index in [1.165, 1.54) is 0 Å². The summed E-state index contributed by atoms with van der Waals surface area (Å²) < 4.78 is 15.9. The van der Waals surface area contributed by atoms with Crippen molar-refractivity contribution in [2.45, 2.75) is 71.6 Å². The van der Waals surface area contributed by atoms with Crippen molar-refractivity contribution in [3.05, 3.63) is 29.8 Å². The number of carbonyl (C=O) groups is 3. The Hall–Kier alpha value is -2.57. The van der Waals surface area contributed by atoms with Crippen molar-refractivity contribution in [2.75, 3.05) is 7.11 Å². The topological polar surface area (TPSA) is 90.9 Å². The van der Waals surface area contributed by atoms with E-state index in [0.29, 0.717) is 5.75 Å². The summed E-state index contributed by atoms with van der Waals surface area (Å²) in [7, 11) is 1.57. The average molecular weight is 405 g/mol. The average Bonchev–Trinajstić information content (AvgIpc) is 3.18. The third kappa shape index (κ3) is 7.40. The first-order valence-electron chi connectivity index (χ1n) is 9.99. The van der Waals surface area contributed by atoms with Crippen LogP contribution in [0.5, 0.6) is 5.75 Å². The van der Waals surface area contributed by atoms with Crippen LogP contribution in [0.4, 0.5) is 0 Å². The van der Waals surface area contributed by atoms with Crippen LogP contribution in [0.15, 0.2) is 24.3 Å². The molecule has 1 aliphatic rings. The van der Waals surface area contributed by atoms with E-state index in [9.17, 15) is 14.4 Å². The highest BCUT2D eigenvalue weighted by Crippen LogP contribution is 2.22. The molecule has 0 radical (unpaired) electrons. The van der Waals surface area contributed by atoms with Gasteiger partial charge in [-0.15, -0.1) is 0 Å². The van der Waals surface area contributed by atoms with Crippen molar-refractivity contribution < 1.29 is 28.6 Å². The van der Waals surface area contributed by atoms with Crippen molar-refractivity contribution in [3.63, 3.8) is 0 Å². The zero-order chi connectivity index (χ0) is 21.4. The van der Waals surface area contributed by atoms with Crippen LogP contribution in [0.3, 0.4) is 0 Å². The van der Waals surface area contributed by atoms with Crippen LogP contribution in [0, 0.1) is 5.41 Å². The fourth-order valence-corrected chi connectivity index (χ4v) is 2.95. The molecule has 1 N–H and O–H groups in total. The van der Waals surface area contributed by atoms with Crippen LogP contribution < -0.4 is 10.1 Å². The highest BCUT2D eigenvalue weighted by molar-refractivity contribution is 5.90. The Labute approximate surface area is 172 Å². The smallest absolute Gasteiger partial charge is 0.329 e. The number of hydrogen-bond acceptors (Lipinski definition) is 6. The molecule has 7 heteroatoms. The zero-order valence-electron chi connectivity index (χ0n) is 17.7. The lowest BCUT2D eigenvalue weighted by Crippen LogP contribution is -2.47. The highest BCUT2D eigenvalue weighted by Gasteiger charge is 2.31. The lowest BCUT2D eigenvalue weighted by molar-refractivity contribution is -0.157. The number of rotatable bonds is 8. The van der Waals surface area contributed by atoms with Gasteiger partial charge < -0.3 is 19.5 Å². The van der Waals surface area contributed by atoms with Crippen LogP contribution in [0.25, 0.3) is 0 Å². The second-order valence-electron chi connectivity index (χ2n) is 8.33. The van der Waals surface area contributed by atoms with E-state index < -0.39 is 23.4 Å². The van der Waals surface area contributed by atoms with Gasteiger partial charge in [-0.2, -0.15) is 0 Å².